The Balaban J connectivity index is 1.07. The van der Waals surface area contributed by atoms with Crippen LogP contribution in [0.1, 0.15) is 108 Å². The van der Waals surface area contributed by atoms with Crippen molar-refractivity contribution in [1.82, 2.24) is 44.9 Å². The van der Waals surface area contributed by atoms with Gasteiger partial charge in [0.25, 0.3) is 0 Å². The molecule has 2 N–H and O–H groups in total. The highest BCUT2D eigenvalue weighted by Gasteiger charge is 2.53. The maximum absolute atomic E-state index is 15.7. The Bertz CT molecular complexity index is 3150. The van der Waals surface area contributed by atoms with E-state index in [-0.39, 0.29) is 60.9 Å². The quantitative estimate of drug-likeness (QED) is 0.0608. The molecule has 1 saturated carbocycles. The van der Waals surface area contributed by atoms with Crippen molar-refractivity contribution in [3.05, 3.63) is 89.3 Å². The first-order valence-corrected chi connectivity index (χ1v) is 30.0. The van der Waals surface area contributed by atoms with Crippen LogP contribution in [0.15, 0.2) is 66.9 Å². The number of hydrogen-bond acceptors (Lipinski definition) is 10. The number of hydrogen-bond donors (Lipinski definition) is 2. The molecule has 9 rings (SSSR count). The van der Waals surface area contributed by atoms with Gasteiger partial charge in [-0.25, -0.2) is 14.6 Å². The van der Waals surface area contributed by atoms with Crippen LogP contribution >= 0.6 is 0 Å². The van der Waals surface area contributed by atoms with Gasteiger partial charge in [0, 0.05) is 93.6 Å². The largest absolute Gasteiger partial charge is 0.464 e. The number of esters is 1. The average Bonchev–Trinajstić information content (AvgIpc) is 1.84. The van der Waals surface area contributed by atoms with Gasteiger partial charge in [0.15, 0.2) is 0 Å². The van der Waals surface area contributed by atoms with Gasteiger partial charge in [0.2, 0.25) is 17.7 Å². The topological polar surface area (TPSA) is 162 Å². The van der Waals surface area contributed by atoms with E-state index >= 15 is 14.0 Å². The molecule has 6 bridgehead atoms. The molecule has 5 atom stereocenters. The number of nitrogens with one attached hydrogen (secondary N) is 2. The predicted molar refractivity (Wildman–Crippen MR) is 314 cm³/mol. The first-order valence-electron chi connectivity index (χ1n) is 29.5. The Morgan fingerprint density at radius 3 is 2.36 bits per heavy atom. The number of alkyl halides is 4. The van der Waals surface area contributed by atoms with E-state index in [0.717, 1.165) is 19.3 Å². The summed E-state index contributed by atoms with van der Waals surface area (Å²) >= 11 is 0. The monoisotopic (exact) mass is 1180 g/mol. The number of benzene rings is 2. The van der Waals surface area contributed by atoms with Crippen molar-refractivity contribution in [3.8, 4) is 22.4 Å². The van der Waals surface area contributed by atoms with Gasteiger partial charge in [-0.3, -0.25) is 29.2 Å². The first-order chi connectivity index (χ1) is 39.7. The zero-order chi connectivity index (χ0) is 60.7. The molecular formula is C63H82F4N9O7Si. The number of amides is 5. The third kappa shape index (κ3) is 13.1. The van der Waals surface area contributed by atoms with Gasteiger partial charge >= 0.3 is 18.2 Å². The van der Waals surface area contributed by atoms with Crippen molar-refractivity contribution in [2.45, 2.75) is 142 Å². The molecule has 4 aromatic rings. The fourth-order valence-electron chi connectivity index (χ4n) is 13.8. The lowest BCUT2D eigenvalue weighted by molar-refractivity contribution is -0.158. The number of urea groups is 1. The number of carbonyl (C=O) groups is 5. The summed E-state index contributed by atoms with van der Waals surface area (Å²) in [5, 5.41) is 4.06. The standard InChI is InChI=1S/C63H82F4N9O7Si/c1-40(2)52(72(8)58(81)73-27-21-61(22-28-73)23-29-74(37-61)51(77)17-13-25-71(6)7)55(78)69-50-16-10-20-62(50)34-41-30-42(36-64)32-44(31-41)43-18-19-49-46(33-43)47(35-59(3,4)39-83-56(79)48-15-12-26-76(70-48)57(62)80)53(75(49)38-63(65,66)67)45-14-11-24-68-54(45)60(5,84)82-9/h11,13-14,17-19,24,30-33,40,48,50,52,70H,10,12,15-16,20-23,25-29,34-39H2,1-9H3,(H,69,78)/b17-13+/t48-,50+,52-,60+,62+/m0/s1. The number of pyridine rings is 1. The minimum Gasteiger partial charge on any atom is -0.464 e. The zero-order valence-corrected chi connectivity index (χ0v) is 51.1. The summed E-state index contributed by atoms with van der Waals surface area (Å²) in [4.78, 5) is 84.4. The van der Waals surface area contributed by atoms with Crippen LogP contribution in [0.4, 0.5) is 22.4 Å². The van der Waals surface area contributed by atoms with E-state index in [0.29, 0.717) is 115 Å². The normalized spacial score (nSPS) is 23.2. The van der Waals surface area contributed by atoms with E-state index in [1.807, 2.05) is 69.8 Å². The molecule has 5 amide bonds. The molecule has 2 aromatic carbocycles. The highest BCUT2D eigenvalue weighted by Crippen LogP contribution is 2.47. The van der Waals surface area contributed by atoms with E-state index in [1.54, 1.807) is 67.5 Å². The maximum Gasteiger partial charge on any atom is 0.406 e. The molecule has 3 radical (unpaired) electrons. The number of methoxy groups -OCH3 is 1. The highest BCUT2D eigenvalue weighted by atomic mass is 28.1. The number of nitrogens with zero attached hydrogens (tertiary/aromatic N) is 7. The number of rotatable bonds is 12. The van der Waals surface area contributed by atoms with Crippen molar-refractivity contribution in [1.29, 1.82) is 0 Å². The first kappa shape index (κ1) is 62.4. The van der Waals surface area contributed by atoms with E-state index in [2.05, 4.69) is 26.0 Å². The van der Waals surface area contributed by atoms with Crippen LogP contribution in [-0.4, -0.2) is 173 Å². The van der Waals surface area contributed by atoms with E-state index < -0.39 is 65.5 Å². The van der Waals surface area contributed by atoms with Gasteiger partial charge in [-0.15, -0.1) is 0 Å². The SMILES string of the molecule is CO[C@](C)([Si])c1ncccc1-c1c2c3cc(ccc3n1CC(F)(F)F)-c1cc(CF)cc(c1)C[C@@]1(CCC[C@H]1NC(=O)[C@H](C(C)C)N(C)C(=O)N1CCC3(CCN(C(=O)/C=C/CN(C)C)C3)CC1)C(=O)N1CCC[C@H](N1)C(=O)OCC(C)(C)C2. The lowest BCUT2D eigenvalue weighted by Gasteiger charge is -2.43. The van der Waals surface area contributed by atoms with E-state index in [9.17, 15) is 27.6 Å². The predicted octanol–water partition coefficient (Wildman–Crippen LogP) is 8.72. The molecule has 3 saturated heterocycles. The van der Waals surface area contributed by atoms with Crippen molar-refractivity contribution in [2.24, 2.45) is 22.2 Å². The lowest BCUT2D eigenvalue weighted by Crippen LogP contribution is -2.63. The summed E-state index contributed by atoms with van der Waals surface area (Å²) in [6, 6.07) is 11.0. The highest BCUT2D eigenvalue weighted by molar-refractivity contribution is 6.15. The molecular weight excluding hydrogens is 1100 g/mol. The second kappa shape index (κ2) is 24.7. The van der Waals surface area contributed by atoms with Gasteiger partial charge in [0.1, 0.15) is 25.3 Å². The van der Waals surface area contributed by atoms with Crippen LogP contribution in [0.25, 0.3) is 33.3 Å². The molecule has 6 heterocycles. The van der Waals surface area contributed by atoms with Crippen molar-refractivity contribution in [3.63, 3.8) is 0 Å². The van der Waals surface area contributed by atoms with Crippen LogP contribution in [0.3, 0.4) is 0 Å². The summed E-state index contributed by atoms with van der Waals surface area (Å²) < 4.78 is 73.5. The molecule has 0 unspecified atom stereocenters. The molecule has 4 aliphatic heterocycles. The van der Waals surface area contributed by atoms with Gasteiger partial charge in [0.05, 0.1) is 38.9 Å². The van der Waals surface area contributed by atoms with Crippen molar-refractivity contribution < 1.29 is 51.0 Å². The molecule has 453 valence electrons. The van der Waals surface area contributed by atoms with Gasteiger partial charge in [-0.1, -0.05) is 58.4 Å². The summed E-state index contributed by atoms with van der Waals surface area (Å²) in [6.07, 6.45) is 5.00. The van der Waals surface area contributed by atoms with Crippen LogP contribution < -0.4 is 10.7 Å². The fraction of sp³-hybridized carbons (Fsp3) is 0.587. The number of likely N-dealkylation sites (N-methyl/N-ethyl adjacent to an activating group) is 2. The molecule has 2 spiro atoms. The smallest absolute Gasteiger partial charge is 0.406 e. The zero-order valence-electron chi connectivity index (χ0n) is 50.1. The number of fused-ring (bicyclic) bond motifs is 6. The van der Waals surface area contributed by atoms with Crippen LogP contribution in [0.2, 0.25) is 0 Å². The number of aromatic nitrogens is 2. The Labute approximate surface area is 494 Å². The minimum absolute atomic E-state index is 0.00663. The molecule has 16 nitrogen and oxygen atoms in total. The Morgan fingerprint density at radius 1 is 0.952 bits per heavy atom. The third-order valence-electron chi connectivity index (χ3n) is 18.2. The molecule has 21 heteroatoms. The van der Waals surface area contributed by atoms with Crippen molar-refractivity contribution >= 4 is 50.9 Å². The van der Waals surface area contributed by atoms with E-state index in [1.165, 1.54) is 21.6 Å². The Morgan fingerprint density at radius 2 is 1.68 bits per heavy atom. The van der Waals surface area contributed by atoms with Gasteiger partial charge in [-0.2, -0.15) is 13.2 Å². The van der Waals surface area contributed by atoms with Gasteiger partial charge in [-0.05, 0) is 148 Å². The molecule has 5 aliphatic rings. The molecule has 4 fully saturated rings. The Hall–Kier alpha value is -6.16. The van der Waals surface area contributed by atoms with Crippen molar-refractivity contribution in [2.75, 3.05) is 74.1 Å². The van der Waals surface area contributed by atoms with Crippen LogP contribution in [-0.2, 0) is 59.9 Å². The average molecular weight is 1180 g/mol. The second-order valence-corrected chi connectivity index (χ2v) is 26.8. The summed E-state index contributed by atoms with van der Waals surface area (Å²) in [6.45, 7) is 10.1. The molecule has 84 heavy (non-hydrogen) atoms. The second-order valence-electron chi connectivity index (χ2n) is 25.8. The molecule has 1 aliphatic carbocycles. The number of ether oxygens (including phenoxy) is 2. The fourth-order valence-corrected chi connectivity index (χ4v) is 14.0. The number of hydrazine groups is 1. The summed E-state index contributed by atoms with van der Waals surface area (Å²) in [5.41, 5.74) is 4.86. The summed E-state index contributed by atoms with van der Waals surface area (Å²) in [7, 11) is 10.7. The minimum atomic E-state index is -4.65. The number of piperidine rings is 1. The molecule has 2 aromatic heterocycles. The van der Waals surface area contributed by atoms with E-state index in [4.69, 9.17) is 9.47 Å². The van der Waals surface area contributed by atoms with Crippen LogP contribution in [0, 0.1) is 22.2 Å². The lowest BCUT2D eigenvalue weighted by atomic mass is 9.74. The summed E-state index contributed by atoms with van der Waals surface area (Å²) in [5.74, 6) is -1.70. The van der Waals surface area contributed by atoms with Gasteiger partial charge < -0.3 is 39.0 Å². The number of likely N-dealkylation sites (tertiary alicyclic amines) is 2. The number of cyclic esters (lactones) is 1. The number of halogens is 4. The Kier molecular flexibility index (Phi) is 18.3. The maximum atomic E-state index is 15.7. The third-order valence-corrected chi connectivity index (χ3v) is 18.6. The number of carbonyl (C=O) groups excluding carboxylic acids is 5. The van der Waals surface area contributed by atoms with Crippen LogP contribution in [0.5, 0.6) is 0 Å².